The van der Waals surface area contributed by atoms with Crippen molar-refractivity contribution < 1.29 is 30.0 Å². The summed E-state index contributed by atoms with van der Waals surface area (Å²) in [6, 6.07) is 68.0. The molecule has 0 amide bonds. The van der Waals surface area contributed by atoms with Crippen LogP contribution in [-0.2, 0) is 31.3 Å². The van der Waals surface area contributed by atoms with Crippen LogP contribution >= 0.6 is 0 Å². The minimum Gasteiger partial charge on any atom is -0.512 e. The van der Waals surface area contributed by atoms with Crippen LogP contribution in [0, 0.1) is 12.1 Å². The smallest absolute Gasteiger partial charge is 0.159 e. The van der Waals surface area contributed by atoms with Crippen molar-refractivity contribution in [3.63, 3.8) is 0 Å². The maximum atomic E-state index is 12.7. The maximum Gasteiger partial charge on any atom is 0.159 e. The van der Waals surface area contributed by atoms with Crippen molar-refractivity contribution in [2.45, 2.75) is 19.8 Å². The normalized spacial score (nSPS) is 11.3. The number of pyridine rings is 2. The van der Waals surface area contributed by atoms with E-state index in [-0.39, 0.29) is 31.6 Å². The maximum absolute atomic E-state index is 12.7. The van der Waals surface area contributed by atoms with E-state index in [1.165, 1.54) is 13.0 Å². The van der Waals surface area contributed by atoms with Gasteiger partial charge in [0.25, 0.3) is 0 Å². The molecular weight excluding hydrogens is 925 g/mol. The van der Waals surface area contributed by atoms with Gasteiger partial charge >= 0.3 is 0 Å². The first-order valence-electron chi connectivity index (χ1n) is 20.1. The monoisotopic (exact) mass is 965 g/mol. The predicted octanol–water partition coefficient (Wildman–Crippen LogP) is 13.9. The van der Waals surface area contributed by atoms with Gasteiger partial charge in [0.15, 0.2) is 5.78 Å². The third-order valence-electron chi connectivity index (χ3n) is 10.9. The van der Waals surface area contributed by atoms with Crippen LogP contribution in [0.2, 0.25) is 0 Å². The second kappa shape index (κ2) is 18.5. The second-order valence-electron chi connectivity index (χ2n) is 14.9. The molecule has 0 spiro atoms. The van der Waals surface area contributed by atoms with Crippen molar-refractivity contribution in [1.29, 1.82) is 0 Å². The van der Waals surface area contributed by atoms with E-state index in [0.29, 0.717) is 12.8 Å². The molecule has 2 heterocycles. The van der Waals surface area contributed by atoms with Crippen LogP contribution in [0.25, 0.3) is 88.9 Å². The molecule has 0 aliphatic carbocycles. The van der Waals surface area contributed by atoms with Gasteiger partial charge in [-0.15, -0.1) is 59.7 Å². The van der Waals surface area contributed by atoms with Gasteiger partial charge in [0, 0.05) is 45.0 Å². The number of aryl methyl sites for hydroxylation is 1. The van der Waals surface area contributed by atoms with E-state index in [2.05, 4.69) is 138 Å². The number of rotatable bonds is 11. The van der Waals surface area contributed by atoms with Gasteiger partial charge in [0.05, 0.1) is 5.76 Å². The van der Waals surface area contributed by atoms with Crippen LogP contribution < -0.4 is 0 Å². The summed E-state index contributed by atoms with van der Waals surface area (Å²) in [5.74, 6) is -0.0866. The van der Waals surface area contributed by atoms with Crippen molar-refractivity contribution in [3.05, 3.63) is 218 Å². The van der Waals surface area contributed by atoms with Gasteiger partial charge in [0.1, 0.15) is 0 Å². The van der Waals surface area contributed by atoms with Crippen molar-refractivity contribution in [2.24, 2.45) is 0 Å². The Kier molecular flexibility index (Phi) is 12.3. The molecular formula is C56H40IrN2O2-2. The number of allylic oxidation sites excluding steroid dienone is 2. The van der Waals surface area contributed by atoms with E-state index in [1.54, 1.807) is 6.20 Å². The molecule has 5 heteroatoms. The fourth-order valence-electron chi connectivity index (χ4n) is 8.00. The van der Waals surface area contributed by atoms with Crippen LogP contribution in [0.5, 0.6) is 0 Å². The summed E-state index contributed by atoms with van der Waals surface area (Å²) < 4.78 is 0. The number of hydrogen-bond acceptors (Lipinski definition) is 4. The van der Waals surface area contributed by atoms with Gasteiger partial charge in [-0.1, -0.05) is 131 Å². The molecule has 2 aromatic heterocycles. The molecule has 1 radical (unpaired) electrons. The molecule has 61 heavy (non-hydrogen) atoms. The molecule has 0 bridgehead atoms. The molecule has 297 valence electrons. The second-order valence-corrected chi connectivity index (χ2v) is 14.9. The molecule has 0 saturated heterocycles. The average molecular weight is 965 g/mol. The van der Waals surface area contributed by atoms with Crippen LogP contribution in [0.4, 0.5) is 0 Å². The molecule has 7 aromatic carbocycles. The summed E-state index contributed by atoms with van der Waals surface area (Å²) in [6.45, 7) is 1.52. The fourth-order valence-corrected chi connectivity index (χ4v) is 8.00. The van der Waals surface area contributed by atoms with Gasteiger partial charge in [-0.05, 0) is 105 Å². The quantitative estimate of drug-likeness (QED) is 0.0797. The van der Waals surface area contributed by atoms with Crippen molar-refractivity contribution in [2.75, 3.05) is 0 Å². The largest absolute Gasteiger partial charge is 0.512 e. The number of carbonyl (C=O) groups is 1. The van der Waals surface area contributed by atoms with Crippen LogP contribution in [0.1, 0.15) is 18.9 Å². The van der Waals surface area contributed by atoms with Crippen LogP contribution in [0.15, 0.2) is 200 Å². The van der Waals surface area contributed by atoms with Crippen molar-refractivity contribution >= 4 is 16.6 Å². The fraction of sp³-hybridized carbons (Fsp3) is 0.0536. The molecule has 0 aliphatic rings. The Morgan fingerprint density at radius 2 is 1.10 bits per heavy atom. The van der Waals surface area contributed by atoms with Crippen molar-refractivity contribution in [1.82, 2.24) is 9.97 Å². The summed E-state index contributed by atoms with van der Waals surface area (Å²) >= 11 is 0. The van der Waals surface area contributed by atoms with Crippen LogP contribution in [-0.4, -0.2) is 20.9 Å². The Morgan fingerprint density at radius 1 is 0.557 bits per heavy atom. The Labute approximate surface area is 370 Å². The molecule has 0 aliphatic heterocycles. The Bertz CT molecular complexity index is 3000. The van der Waals surface area contributed by atoms with Gasteiger partial charge in [-0.25, -0.2) is 0 Å². The number of aromatic nitrogens is 2. The molecule has 0 fully saturated rings. The molecule has 4 nitrogen and oxygen atoms in total. The summed E-state index contributed by atoms with van der Waals surface area (Å²) in [7, 11) is 0. The Balaban J connectivity index is 0.00000514. The van der Waals surface area contributed by atoms with Crippen molar-refractivity contribution in [3.8, 4) is 78.1 Å². The van der Waals surface area contributed by atoms with Crippen LogP contribution in [0.3, 0.4) is 0 Å². The van der Waals surface area contributed by atoms with Gasteiger partial charge in [0.2, 0.25) is 0 Å². The number of hydrogen-bond donors (Lipinski definition) is 1. The van der Waals surface area contributed by atoms with E-state index in [4.69, 9.17) is 4.98 Å². The molecule has 0 saturated carbocycles. The number of ketones is 1. The van der Waals surface area contributed by atoms with Gasteiger partial charge in [-0.2, -0.15) is 0 Å². The number of benzene rings is 7. The number of nitrogens with zero attached hydrogens (tertiary/aromatic N) is 2. The zero-order valence-corrected chi connectivity index (χ0v) is 35.9. The van der Waals surface area contributed by atoms with E-state index in [9.17, 15) is 9.90 Å². The van der Waals surface area contributed by atoms with E-state index < -0.39 is 0 Å². The SMILES string of the molecule is C/C(O)=C/C(=O)CCc1ccccc1-c1cc(-c2ccccc2-c2c[c-]c(-c3ccccn3)cc2)cc(-c2ccccc2-c2c[c-]c(-c3nccc4ccccc34)cc2)c1.[Ir]. The topological polar surface area (TPSA) is 63.1 Å². The standard InChI is InChI=1S/C56H40N2O2.Ir/c1-38(59)34-48(60)30-29-39-12-2-4-14-49(39)45-35-46(52-17-8-6-15-50(52)41-21-25-43(26-22-41)55-20-10-11-32-57-55)37-47(36-45)53-18-9-7-16-51(53)42-23-27-44(28-24-42)56-54-19-5-3-13-40(54)31-33-58-56;/h2-25,27,31-37,59H,29-30H2,1H3;/q-2;/b38-34-;. The average Bonchev–Trinajstić information content (AvgIpc) is 3.31. The number of fused-ring (bicyclic) bond motifs is 1. The minimum atomic E-state index is -0.105. The molecule has 9 aromatic rings. The zero-order valence-electron chi connectivity index (χ0n) is 33.5. The molecule has 0 atom stereocenters. The Morgan fingerprint density at radius 3 is 1.69 bits per heavy atom. The predicted molar refractivity (Wildman–Crippen MR) is 245 cm³/mol. The first-order chi connectivity index (χ1) is 29.5. The third kappa shape index (κ3) is 8.95. The first-order valence-corrected chi connectivity index (χ1v) is 20.1. The Hall–Kier alpha value is -7.04. The van der Waals surface area contributed by atoms with E-state index in [0.717, 1.165) is 94.5 Å². The van der Waals surface area contributed by atoms with E-state index >= 15 is 0 Å². The zero-order chi connectivity index (χ0) is 40.8. The van der Waals surface area contributed by atoms with E-state index in [1.807, 2.05) is 60.8 Å². The summed E-state index contributed by atoms with van der Waals surface area (Å²) in [4.78, 5) is 22.0. The number of aliphatic hydroxyl groups is 1. The molecule has 9 rings (SSSR count). The third-order valence-corrected chi connectivity index (χ3v) is 10.9. The minimum absolute atomic E-state index is 0. The summed E-state index contributed by atoms with van der Waals surface area (Å²) in [5, 5.41) is 12.0. The number of aliphatic hydroxyl groups excluding tert-OH is 1. The summed E-state index contributed by atoms with van der Waals surface area (Å²) in [6.07, 6.45) is 5.79. The van der Waals surface area contributed by atoms with Gasteiger partial charge < -0.3 is 15.1 Å². The molecule has 1 N–H and O–H groups in total. The molecule has 0 unspecified atom stereocenters. The first kappa shape index (κ1) is 40.7. The number of carbonyl (C=O) groups excluding carboxylic acids is 1. The summed E-state index contributed by atoms with van der Waals surface area (Å²) in [5.41, 5.74) is 15.4. The van der Waals surface area contributed by atoms with Gasteiger partial charge in [-0.3, -0.25) is 4.79 Å².